The van der Waals surface area contributed by atoms with Gasteiger partial charge in [0.1, 0.15) is 0 Å². The molecule has 0 unspecified atom stereocenters. The first-order chi connectivity index (χ1) is 11.8. The lowest BCUT2D eigenvalue weighted by atomic mass is 9.93. The second kappa shape index (κ2) is 6.79. The number of hydrogen-bond donors (Lipinski definition) is 1. The van der Waals surface area contributed by atoms with Crippen LogP contribution in [0.15, 0.2) is 24.3 Å². The summed E-state index contributed by atoms with van der Waals surface area (Å²) >= 11 is 0. The zero-order valence-corrected chi connectivity index (χ0v) is 15.1. The molecule has 1 saturated heterocycles. The van der Waals surface area contributed by atoms with Gasteiger partial charge in [0.25, 0.3) is 0 Å². The van der Waals surface area contributed by atoms with Crippen molar-refractivity contribution in [3.63, 3.8) is 0 Å². The fourth-order valence-electron chi connectivity index (χ4n) is 4.32. The van der Waals surface area contributed by atoms with Crippen molar-refractivity contribution in [2.45, 2.75) is 63.6 Å². The molecule has 1 amide bonds. The normalized spacial score (nSPS) is 21.4. The average Bonchev–Trinajstić information content (AvgIpc) is 2.98. The average molecular weight is 345 g/mol. The van der Waals surface area contributed by atoms with Crippen molar-refractivity contribution in [3.05, 3.63) is 35.4 Å². The Morgan fingerprint density at radius 2 is 1.84 bits per heavy atom. The highest BCUT2D eigenvalue weighted by molar-refractivity contribution is 5.89. The fraction of sp³-hybridized carbons (Fsp3) is 0.600. The van der Waals surface area contributed by atoms with E-state index < -0.39 is 5.97 Å². The third-order valence-corrected chi connectivity index (χ3v) is 5.27. The third-order valence-electron chi connectivity index (χ3n) is 5.27. The van der Waals surface area contributed by atoms with Gasteiger partial charge in [0.15, 0.2) is 0 Å². The van der Waals surface area contributed by atoms with Crippen LogP contribution in [0.5, 0.6) is 0 Å². The van der Waals surface area contributed by atoms with E-state index in [4.69, 9.17) is 4.74 Å². The number of amides is 1. The van der Waals surface area contributed by atoms with Crippen LogP contribution in [0.3, 0.4) is 0 Å². The summed E-state index contributed by atoms with van der Waals surface area (Å²) in [5, 5.41) is 9.28. The molecule has 1 spiro atoms. The number of carboxylic acids is 1. The molecule has 5 nitrogen and oxygen atoms in total. The van der Waals surface area contributed by atoms with Crippen molar-refractivity contribution >= 4 is 11.9 Å². The van der Waals surface area contributed by atoms with Gasteiger partial charge in [-0.15, -0.1) is 0 Å². The maximum absolute atomic E-state index is 12.8. The van der Waals surface area contributed by atoms with Gasteiger partial charge in [-0.3, -0.25) is 4.79 Å². The smallest absolute Gasteiger partial charge is 0.335 e. The lowest BCUT2D eigenvalue weighted by Gasteiger charge is -2.48. The number of aryl methyl sites for hydroxylation is 1. The van der Waals surface area contributed by atoms with Gasteiger partial charge in [-0.1, -0.05) is 31.0 Å². The monoisotopic (exact) mass is 345 g/mol. The first-order valence-corrected chi connectivity index (χ1v) is 9.09. The first-order valence-electron chi connectivity index (χ1n) is 9.09. The van der Waals surface area contributed by atoms with Crippen LogP contribution in [0.25, 0.3) is 0 Å². The molecule has 0 bridgehead atoms. The molecule has 1 aromatic rings. The summed E-state index contributed by atoms with van der Waals surface area (Å²) in [5.74, 6) is -0.858. The molecule has 2 aliphatic rings. The zero-order chi connectivity index (χ0) is 18.1. The Kier molecular flexibility index (Phi) is 4.87. The van der Waals surface area contributed by atoms with Crippen molar-refractivity contribution in [1.29, 1.82) is 0 Å². The highest BCUT2D eigenvalue weighted by Crippen LogP contribution is 2.40. The van der Waals surface area contributed by atoms with Crippen molar-refractivity contribution in [2.24, 2.45) is 0 Å². The summed E-state index contributed by atoms with van der Waals surface area (Å²) in [5.41, 5.74) is 0.476. The molecule has 0 aromatic heterocycles. The number of carboxylic acid groups (broad SMARTS) is 1. The molecule has 1 aromatic carbocycles. The number of benzene rings is 1. The quantitative estimate of drug-likeness (QED) is 0.909. The van der Waals surface area contributed by atoms with Gasteiger partial charge in [-0.2, -0.15) is 0 Å². The summed E-state index contributed by atoms with van der Waals surface area (Å²) < 4.78 is 6.34. The van der Waals surface area contributed by atoms with Crippen molar-refractivity contribution in [2.75, 3.05) is 13.1 Å². The van der Waals surface area contributed by atoms with Gasteiger partial charge >= 0.3 is 5.97 Å². The molecular weight excluding hydrogens is 318 g/mol. The number of nitrogens with zero attached hydrogens (tertiary/aromatic N) is 1. The molecular formula is C20H27NO4. The number of morpholine rings is 1. The summed E-state index contributed by atoms with van der Waals surface area (Å²) in [7, 11) is 0. The largest absolute Gasteiger partial charge is 0.478 e. The third kappa shape index (κ3) is 4.03. The minimum absolute atomic E-state index is 0.0860. The van der Waals surface area contributed by atoms with Gasteiger partial charge in [0.05, 0.1) is 16.8 Å². The Hall–Kier alpha value is -1.88. The van der Waals surface area contributed by atoms with Crippen LogP contribution in [-0.4, -0.2) is 46.2 Å². The molecule has 0 radical (unpaired) electrons. The molecule has 3 rings (SSSR count). The van der Waals surface area contributed by atoms with Crippen LogP contribution in [0.1, 0.15) is 61.9 Å². The molecule has 136 valence electrons. The van der Waals surface area contributed by atoms with E-state index in [-0.39, 0.29) is 22.7 Å². The molecule has 25 heavy (non-hydrogen) atoms. The standard InChI is InChI=1S/C20H27NO4/c1-19(2)13-21(14-20(25-19)11-5-6-12-20)17(22)10-9-15-7-3-4-8-16(15)18(23)24/h3-4,7-8H,5-6,9-14H2,1-2H3,(H,23,24). The van der Waals surface area contributed by atoms with Crippen molar-refractivity contribution < 1.29 is 19.4 Å². The fourth-order valence-corrected chi connectivity index (χ4v) is 4.32. The van der Waals surface area contributed by atoms with Crippen LogP contribution >= 0.6 is 0 Å². The van der Waals surface area contributed by atoms with Gasteiger partial charge in [0.2, 0.25) is 5.91 Å². The number of rotatable bonds is 4. The Morgan fingerprint density at radius 1 is 1.16 bits per heavy atom. The predicted octanol–water partition coefficient (Wildman–Crippen LogP) is 3.27. The number of carbonyl (C=O) groups excluding carboxylic acids is 1. The van der Waals surface area contributed by atoms with E-state index in [9.17, 15) is 14.7 Å². The summed E-state index contributed by atoms with van der Waals surface area (Å²) in [4.78, 5) is 26.0. The molecule has 1 heterocycles. The van der Waals surface area contributed by atoms with Crippen LogP contribution in [0.2, 0.25) is 0 Å². The van der Waals surface area contributed by atoms with E-state index in [2.05, 4.69) is 0 Å². The summed E-state index contributed by atoms with van der Waals surface area (Å²) in [6.45, 7) is 5.35. The number of hydrogen-bond acceptors (Lipinski definition) is 3. The Bertz CT molecular complexity index is 661. The van der Waals surface area contributed by atoms with Gasteiger partial charge in [-0.05, 0) is 44.7 Å². The molecule has 0 atom stereocenters. The number of aromatic carboxylic acids is 1. The predicted molar refractivity (Wildman–Crippen MR) is 94.7 cm³/mol. The maximum Gasteiger partial charge on any atom is 0.335 e. The van der Waals surface area contributed by atoms with E-state index in [1.54, 1.807) is 18.2 Å². The Balaban J connectivity index is 1.68. The van der Waals surface area contributed by atoms with E-state index in [1.807, 2.05) is 24.8 Å². The highest BCUT2D eigenvalue weighted by atomic mass is 16.5. The number of carbonyl (C=O) groups is 2. The van der Waals surface area contributed by atoms with Crippen molar-refractivity contribution in [1.82, 2.24) is 4.90 Å². The second-order valence-electron chi connectivity index (χ2n) is 7.96. The highest BCUT2D eigenvalue weighted by Gasteiger charge is 2.46. The Morgan fingerprint density at radius 3 is 2.52 bits per heavy atom. The lowest BCUT2D eigenvalue weighted by Crippen LogP contribution is -2.60. The van der Waals surface area contributed by atoms with E-state index in [0.29, 0.717) is 31.5 Å². The van der Waals surface area contributed by atoms with Crippen LogP contribution in [0, 0.1) is 0 Å². The topological polar surface area (TPSA) is 66.8 Å². The van der Waals surface area contributed by atoms with Crippen molar-refractivity contribution in [3.8, 4) is 0 Å². The zero-order valence-electron chi connectivity index (χ0n) is 15.1. The maximum atomic E-state index is 12.8. The van der Waals surface area contributed by atoms with Gasteiger partial charge in [-0.25, -0.2) is 4.79 Å². The van der Waals surface area contributed by atoms with Crippen LogP contribution in [0.4, 0.5) is 0 Å². The minimum Gasteiger partial charge on any atom is -0.478 e. The van der Waals surface area contributed by atoms with E-state index in [0.717, 1.165) is 25.7 Å². The summed E-state index contributed by atoms with van der Waals surface area (Å²) in [6.07, 6.45) is 5.13. The number of ether oxygens (including phenoxy) is 1. The van der Waals surface area contributed by atoms with Crippen LogP contribution < -0.4 is 0 Å². The van der Waals surface area contributed by atoms with E-state index in [1.165, 1.54) is 0 Å². The molecule has 2 fully saturated rings. The molecule has 1 aliphatic carbocycles. The second-order valence-corrected chi connectivity index (χ2v) is 7.96. The molecule has 1 aliphatic heterocycles. The minimum atomic E-state index is -0.944. The SMILES string of the molecule is CC1(C)CN(C(=O)CCc2ccccc2C(=O)O)CC2(CCCC2)O1. The van der Waals surface area contributed by atoms with Gasteiger partial charge < -0.3 is 14.7 Å². The lowest BCUT2D eigenvalue weighted by molar-refractivity contribution is -0.198. The summed E-state index contributed by atoms with van der Waals surface area (Å²) in [6, 6.07) is 6.91. The van der Waals surface area contributed by atoms with Gasteiger partial charge in [0, 0.05) is 19.5 Å². The Labute approximate surface area is 149 Å². The first kappa shape index (κ1) is 17.9. The molecule has 5 heteroatoms. The molecule has 1 saturated carbocycles. The van der Waals surface area contributed by atoms with Crippen LogP contribution in [-0.2, 0) is 16.0 Å². The molecule has 1 N–H and O–H groups in total. The van der Waals surface area contributed by atoms with E-state index >= 15 is 0 Å².